The number of likely N-dealkylation sites (N-methyl/N-ethyl adjacent to an activating group) is 2. The average Bonchev–Trinajstić information content (AvgIpc) is 2.66. The second kappa shape index (κ2) is 6.53. The molecule has 110 valence electrons. The van der Waals surface area contributed by atoms with Crippen LogP contribution >= 0.6 is 0 Å². The first-order valence-corrected chi connectivity index (χ1v) is 7.25. The molecule has 0 aromatic carbocycles. The van der Waals surface area contributed by atoms with Crippen LogP contribution in [0.1, 0.15) is 38.6 Å². The van der Waals surface area contributed by atoms with E-state index in [0.29, 0.717) is 6.04 Å². The van der Waals surface area contributed by atoms with E-state index in [4.69, 9.17) is 0 Å². The molecule has 0 radical (unpaired) electrons. The summed E-state index contributed by atoms with van der Waals surface area (Å²) in [5.74, 6) is 0. The number of rotatable bonds is 7. The van der Waals surface area contributed by atoms with Crippen LogP contribution < -0.4 is 5.32 Å². The lowest BCUT2D eigenvalue weighted by atomic mass is 9.85. The van der Waals surface area contributed by atoms with Gasteiger partial charge in [0.1, 0.15) is 0 Å². The highest BCUT2D eigenvalue weighted by atomic mass is 15.3. The summed E-state index contributed by atoms with van der Waals surface area (Å²) >= 11 is 0. The van der Waals surface area contributed by atoms with Crippen molar-refractivity contribution in [2.24, 2.45) is 7.05 Å². The second-order valence-electron chi connectivity index (χ2n) is 5.82. The van der Waals surface area contributed by atoms with Crippen LogP contribution in [0.5, 0.6) is 0 Å². The van der Waals surface area contributed by atoms with Crippen molar-refractivity contribution in [2.45, 2.75) is 52.1 Å². The Balaban J connectivity index is 2.97. The molecule has 4 heteroatoms. The summed E-state index contributed by atoms with van der Waals surface area (Å²) < 4.78 is 2.01. The van der Waals surface area contributed by atoms with Gasteiger partial charge in [0.2, 0.25) is 0 Å². The van der Waals surface area contributed by atoms with Crippen LogP contribution in [0.3, 0.4) is 0 Å². The van der Waals surface area contributed by atoms with Gasteiger partial charge in [-0.1, -0.05) is 13.8 Å². The molecule has 19 heavy (non-hydrogen) atoms. The highest BCUT2D eigenvalue weighted by Crippen LogP contribution is 2.24. The molecule has 4 nitrogen and oxygen atoms in total. The molecule has 0 aliphatic heterocycles. The lowest BCUT2D eigenvalue weighted by Gasteiger charge is -2.43. The normalized spacial score (nSPS) is 16.6. The van der Waals surface area contributed by atoms with E-state index in [0.717, 1.165) is 25.1 Å². The Morgan fingerprint density at radius 3 is 2.42 bits per heavy atom. The van der Waals surface area contributed by atoms with E-state index in [1.807, 2.05) is 11.7 Å². The highest BCUT2D eigenvalue weighted by molar-refractivity contribution is 5.12. The minimum atomic E-state index is 0.147. The molecule has 1 aromatic rings. The van der Waals surface area contributed by atoms with Gasteiger partial charge in [0.05, 0.1) is 5.69 Å². The standard InChI is InChI=1S/C15H30N4/c1-8-15(4,18(5)6)14(16-9-2)11-13-10-12(3)17-19(13)7/h10,14,16H,8-9,11H2,1-7H3. The van der Waals surface area contributed by atoms with Crippen LogP contribution in [0, 0.1) is 6.92 Å². The SMILES string of the molecule is CCNC(Cc1cc(C)nn1C)C(C)(CC)N(C)C. The van der Waals surface area contributed by atoms with Gasteiger partial charge < -0.3 is 10.2 Å². The third kappa shape index (κ3) is 3.57. The van der Waals surface area contributed by atoms with Crippen LogP contribution in [0.4, 0.5) is 0 Å². The van der Waals surface area contributed by atoms with Gasteiger partial charge in [-0.15, -0.1) is 0 Å². The Morgan fingerprint density at radius 1 is 1.42 bits per heavy atom. The zero-order valence-corrected chi connectivity index (χ0v) is 13.6. The predicted octanol–water partition coefficient (Wildman–Crippen LogP) is 1.98. The molecule has 2 unspecified atom stereocenters. The first-order valence-electron chi connectivity index (χ1n) is 7.25. The summed E-state index contributed by atoms with van der Waals surface area (Å²) in [5, 5.41) is 8.11. The van der Waals surface area contributed by atoms with Gasteiger partial charge in [-0.25, -0.2) is 0 Å². The highest BCUT2D eigenvalue weighted by Gasteiger charge is 2.34. The Bertz CT molecular complexity index is 397. The summed E-state index contributed by atoms with van der Waals surface area (Å²) in [5.41, 5.74) is 2.54. The van der Waals surface area contributed by atoms with E-state index in [1.54, 1.807) is 0 Å². The molecule has 0 aliphatic rings. The first kappa shape index (κ1) is 16.2. The molecule has 1 heterocycles. The molecule has 0 spiro atoms. The van der Waals surface area contributed by atoms with Crippen molar-refractivity contribution >= 4 is 0 Å². The van der Waals surface area contributed by atoms with Crippen molar-refractivity contribution in [3.8, 4) is 0 Å². The van der Waals surface area contributed by atoms with Gasteiger partial charge in [-0.3, -0.25) is 4.68 Å². The maximum absolute atomic E-state index is 4.45. The minimum Gasteiger partial charge on any atom is -0.312 e. The minimum absolute atomic E-state index is 0.147. The van der Waals surface area contributed by atoms with E-state index in [1.165, 1.54) is 5.69 Å². The zero-order chi connectivity index (χ0) is 14.6. The fourth-order valence-corrected chi connectivity index (χ4v) is 2.70. The number of aryl methyl sites for hydroxylation is 2. The molecule has 0 saturated carbocycles. The summed E-state index contributed by atoms with van der Waals surface area (Å²) in [7, 11) is 6.37. The quantitative estimate of drug-likeness (QED) is 0.819. The monoisotopic (exact) mass is 266 g/mol. The average molecular weight is 266 g/mol. The molecule has 2 atom stereocenters. The summed E-state index contributed by atoms with van der Waals surface area (Å²) in [6.07, 6.45) is 2.13. The number of nitrogens with one attached hydrogen (secondary N) is 1. The largest absolute Gasteiger partial charge is 0.312 e. The summed E-state index contributed by atoms with van der Waals surface area (Å²) in [4.78, 5) is 2.34. The van der Waals surface area contributed by atoms with E-state index < -0.39 is 0 Å². The van der Waals surface area contributed by atoms with Gasteiger partial charge in [0.25, 0.3) is 0 Å². The van der Waals surface area contributed by atoms with Crippen molar-refractivity contribution in [2.75, 3.05) is 20.6 Å². The van der Waals surface area contributed by atoms with Crippen LogP contribution in [-0.4, -0.2) is 46.9 Å². The van der Waals surface area contributed by atoms with E-state index in [2.05, 4.69) is 63.2 Å². The molecule has 0 amide bonds. The summed E-state index contributed by atoms with van der Waals surface area (Å²) in [6, 6.07) is 2.61. The molecular formula is C15H30N4. The molecule has 0 fully saturated rings. The Hall–Kier alpha value is -0.870. The van der Waals surface area contributed by atoms with Crippen molar-refractivity contribution < 1.29 is 0 Å². The van der Waals surface area contributed by atoms with Crippen LogP contribution in [-0.2, 0) is 13.5 Å². The number of nitrogens with zero attached hydrogens (tertiary/aromatic N) is 3. The fraction of sp³-hybridized carbons (Fsp3) is 0.800. The smallest absolute Gasteiger partial charge is 0.0596 e. The first-order chi connectivity index (χ1) is 8.85. The predicted molar refractivity (Wildman–Crippen MR) is 81.5 cm³/mol. The molecule has 1 N–H and O–H groups in total. The Morgan fingerprint density at radius 2 is 2.05 bits per heavy atom. The number of aromatic nitrogens is 2. The Kier molecular flexibility index (Phi) is 5.56. The molecular weight excluding hydrogens is 236 g/mol. The van der Waals surface area contributed by atoms with Crippen LogP contribution in [0.2, 0.25) is 0 Å². The summed E-state index contributed by atoms with van der Waals surface area (Å²) in [6.45, 7) is 9.82. The molecule has 1 aromatic heterocycles. The van der Waals surface area contributed by atoms with E-state index in [9.17, 15) is 0 Å². The third-order valence-corrected chi connectivity index (χ3v) is 4.45. The number of hydrogen-bond donors (Lipinski definition) is 1. The second-order valence-corrected chi connectivity index (χ2v) is 5.82. The molecule has 0 bridgehead atoms. The Labute approximate surface area is 118 Å². The molecule has 0 aliphatic carbocycles. The molecule has 1 rings (SSSR count). The van der Waals surface area contributed by atoms with Crippen LogP contribution in [0.15, 0.2) is 6.07 Å². The molecule has 0 saturated heterocycles. The lowest BCUT2D eigenvalue weighted by molar-refractivity contribution is 0.112. The van der Waals surface area contributed by atoms with E-state index in [-0.39, 0.29) is 5.54 Å². The van der Waals surface area contributed by atoms with Gasteiger partial charge in [-0.05, 0) is 47.0 Å². The third-order valence-electron chi connectivity index (χ3n) is 4.45. The van der Waals surface area contributed by atoms with Gasteiger partial charge in [0, 0.05) is 30.7 Å². The maximum atomic E-state index is 4.45. The van der Waals surface area contributed by atoms with Gasteiger partial charge in [0.15, 0.2) is 0 Å². The lowest BCUT2D eigenvalue weighted by Crippen LogP contribution is -2.57. The van der Waals surface area contributed by atoms with Gasteiger partial charge >= 0.3 is 0 Å². The number of hydrogen-bond acceptors (Lipinski definition) is 3. The van der Waals surface area contributed by atoms with Crippen molar-refractivity contribution in [1.82, 2.24) is 20.0 Å². The maximum Gasteiger partial charge on any atom is 0.0596 e. The van der Waals surface area contributed by atoms with Crippen molar-refractivity contribution in [3.63, 3.8) is 0 Å². The zero-order valence-electron chi connectivity index (χ0n) is 13.6. The van der Waals surface area contributed by atoms with E-state index >= 15 is 0 Å². The van der Waals surface area contributed by atoms with Crippen molar-refractivity contribution in [1.29, 1.82) is 0 Å². The van der Waals surface area contributed by atoms with Crippen LogP contribution in [0.25, 0.3) is 0 Å². The fourth-order valence-electron chi connectivity index (χ4n) is 2.70. The van der Waals surface area contributed by atoms with Crippen molar-refractivity contribution in [3.05, 3.63) is 17.5 Å². The van der Waals surface area contributed by atoms with Gasteiger partial charge in [-0.2, -0.15) is 5.10 Å². The topological polar surface area (TPSA) is 33.1 Å².